The molecule has 2 fully saturated rings. The molecule has 4 heterocycles. The van der Waals surface area contributed by atoms with Gasteiger partial charge in [0.15, 0.2) is 0 Å². The number of pyridine rings is 1. The fourth-order valence-electron chi connectivity index (χ4n) is 4.88. The van der Waals surface area contributed by atoms with Crippen molar-refractivity contribution < 1.29 is 19.2 Å². The highest BCUT2D eigenvalue weighted by atomic mass is 16.2. The van der Waals surface area contributed by atoms with Crippen LogP contribution < -0.4 is 5.32 Å². The Balaban J connectivity index is 0.000000225. The lowest BCUT2D eigenvalue weighted by Crippen LogP contribution is -2.41. The van der Waals surface area contributed by atoms with Crippen molar-refractivity contribution in [3.63, 3.8) is 0 Å². The van der Waals surface area contributed by atoms with Gasteiger partial charge in [-0.3, -0.25) is 29.5 Å². The zero-order valence-corrected chi connectivity index (χ0v) is 24.7. The van der Waals surface area contributed by atoms with Crippen molar-refractivity contribution in [2.75, 3.05) is 40.3 Å². The van der Waals surface area contributed by atoms with Crippen LogP contribution in [0.2, 0.25) is 0 Å². The zero-order chi connectivity index (χ0) is 30.8. The van der Waals surface area contributed by atoms with E-state index in [2.05, 4.69) is 32.0 Å². The molecular formula is C31H38N8O4. The zero-order valence-electron chi connectivity index (χ0n) is 24.7. The number of nitrogens with one attached hydrogen (secondary N) is 2. The average molecular weight is 587 g/mol. The van der Waals surface area contributed by atoms with E-state index in [-0.39, 0.29) is 34.9 Å². The molecule has 43 heavy (non-hydrogen) atoms. The van der Waals surface area contributed by atoms with Crippen LogP contribution in [0.4, 0.5) is 5.69 Å². The fourth-order valence-corrected chi connectivity index (χ4v) is 4.88. The third-order valence-corrected chi connectivity index (χ3v) is 7.28. The van der Waals surface area contributed by atoms with E-state index in [0.717, 1.165) is 62.6 Å². The maximum Gasteiger partial charge on any atom is 0.271 e. The minimum Gasteiger partial charge on any atom is -0.361 e. The molecule has 2 aliphatic rings. The van der Waals surface area contributed by atoms with Gasteiger partial charge in [-0.1, -0.05) is 12.5 Å². The van der Waals surface area contributed by atoms with Crippen molar-refractivity contribution in [3.05, 3.63) is 60.0 Å². The molecule has 1 aromatic carbocycles. The van der Waals surface area contributed by atoms with Crippen molar-refractivity contribution in [2.45, 2.75) is 38.5 Å². The van der Waals surface area contributed by atoms with Crippen LogP contribution in [-0.4, -0.2) is 101 Å². The maximum absolute atomic E-state index is 12.4. The van der Waals surface area contributed by atoms with Gasteiger partial charge < -0.3 is 19.7 Å². The largest absolute Gasteiger partial charge is 0.361 e. The summed E-state index contributed by atoms with van der Waals surface area (Å²) >= 11 is 0. The summed E-state index contributed by atoms with van der Waals surface area (Å²) in [5, 5.41) is 3.50. The fraction of sp³-hybridized carbons (Fsp3) is 0.387. The minimum atomic E-state index is -0.446. The van der Waals surface area contributed by atoms with Gasteiger partial charge in [0, 0.05) is 63.4 Å². The second kappa shape index (κ2) is 14.9. The number of aliphatic imine (C=N–C) groups is 2. The molecule has 2 aliphatic heterocycles. The van der Waals surface area contributed by atoms with Crippen LogP contribution in [0, 0.1) is 0 Å². The van der Waals surface area contributed by atoms with Crippen molar-refractivity contribution in [2.24, 2.45) is 9.98 Å². The second-order valence-electron chi connectivity index (χ2n) is 10.6. The van der Waals surface area contributed by atoms with Crippen molar-refractivity contribution >= 4 is 52.9 Å². The summed E-state index contributed by atoms with van der Waals surface area (Å²) in [6.45, 7) is 6.28. The molecule has 0 atom stereocenters. The van der Waals surface area contributed by atoms with E-state index < -0.39 is 5.91 Å². The molecule has 0 saturated carbocycles. The summed E-state index contributed by atoms with van der Waals surface area (Å²) in [6.07, 6.45) is 9.12. The number of H-pyrrole nitrogens is 1. The third kappa shape index (κ3) is 8.34. The molecule has 3 aromatic rings. The molecule has 2 saturated heterocycles. The van der Waals surface area contributed by atoms with Crippen molar-refractivity contribution in [1.82, 2.24) is 30.0 Å². The number of hydrogen-bond donors (Lipinski definition) is 2. The molecule has 0 aliphatic carbocycles. The summed E-state index contributed by atoms with van der Waals surface area (Å²) in [6, 6.07) is 10.5. The molecule has 0 spiro atoms. The van der Waals surface area contributed by atoms with Crippen LogP contribution in [0.25, 0.3) is 10.9 Å². The number of carbonyl (C=O) groups excluding carboxylic acids is 4. The Bertz CT molecular complexity index is 1490. The maximum atomic E-state index is 12.4. The molecule has 0 unspecified atom stereocenters. The predicted octanol–water partition coefficient (Wildman–Crippen LogP) is 3.39. The van der Waals surface area contributed by atoms with Crippen LogP contribution in [0.5, 0.6) is 0 Å². The van der Waals surface area contributed by atoms with E-state index in [0.29, 0.717) is 18.7 Å². The van der Waals surface area contributed by atoms with E-state index in [1.807, 2.05) is 35.4 Å². The van der Waals surface area contributed by atoms with Gasteiger partial charge in [0.25, 0.3) is 11.8 Å². The van der Waals surface area contributed by atoms with Gasteiger partial charge >= 0.3 is 0 Å². The smallest absolute Gasteiger partial charge is 0.271 e. The molecule has 0 radical (unpaired) electrons. The molecule has 2 N–H and O–H groups in total. The molecule has 0 bridgehead atoms. The Labute approximate surface area is 250 Å². The Morgan fingerprint density at radius 3 is 2.49 bits per heavy atom. The van der Waals surface area contributed by atoms with Crippen LogP contribution in [0.15, 0.2) is 58.8 Å². The predicted molar refractivity (Wildman–Crippen MR) is 166 cm³/mol. The lowest BCUT2D eigenvalue weighted by molar-refractivity contribution is -0.139. The summed E-state index contributed by atoms with van der Waals surface area (Å²) in [5.74, 6) is -0.324. The Morgan fingerprint density at radius 1 is 1.02 bits per heavy atom. The number of guanidine groups is 1. The number of likely N-dealkylation sites (tertiary alicyclic amines) is 2. The van der Waals surface area contributed by atoms with Gasteiger partial charge in [-0.2, -0.15) is 0 Å². The number of carbonyl (C=O) groups is 4. The number of nitrogens with zero attached hydrogens (tertiary/aromatic N) is 6. The molecule has 5 rings (SSSR count). The van der Waals surface area contributed by atoms with E-state index in [1.54, 1.807) is 19.0 Å². The quantitative estimate of drug-likeness (QED) is 0.348. The van der Waals surface area contributed by atoms with Crippen LogP contribution >= 0.6 is 0 Å². The Morgan fingerprint density at radius 2 is 1.79 bits per heavy atom. The average Bonchev–Trinajstić information content (AvgIpc) is 3.69. The molecular weight excluding hydrogens is 548 g/mol. The number of benzene rings is 1. The molecule has 12 nitrogen and oxygen atoms in total. The number of aromatic nitrogens is 2. The highest BCUT2D eigenvalue weighted by Crippen LogP contribution is 2.25. The second-order valence-corrected chi connectivity index (χ2v) is 10.6. The van der Waals surface area contributed by atoms with E-state index in [9.17, 15) is 19.2 Å². The first-order valence-corrected chi connectivity index (χ1v) is 14.4. The minimum absolute atomic E-state index is 0.0714. The number of fused-ring (bicyclic) bond motifs is 1. The first kappa shape index (κ1) is 31.1. The topological polar surface area (TPSA) is 143 Å². The number of amides is 4. The third-order valence-electron chi connectivity index (χ3n) is 7.28. The van der Waals surface area contributed by atoms with Crippen LogP contribution in [-0.2, 0) is 9.59 Å². The van der Waals surface area contributed by atoms with Crippen molar-refractivity contribution in [3.8, 4) is 0 Å². The van der Waals surface area contributed by atoms with Gasteiger partial charge in [0.1, 0.15) is 5.69 Å². The SMILES string of the molecule is C=NC(=Nc1cccc2[nH]ccc12)NC(=O)c1ccc(C(=O)N(C)C)nc1.O=C(CN1CCCCCC1=O)N1CCCC1. The number of hydrogen-bond acceptors (Lipinski definition) is 6. The highest BCUT2D eigenvalue weighted by molar-refractivity contribution is 6.08. The van der Waals surface area contributed by atoms with E-state index in [4.69, 9.17) is 0 Å². The molecule has 12 heteroatoms. The molecule has 4 amide bonds. The van der Waals surface area contributed by atoms with Crippen LogP contribution in [0.1, 0.15) is 59.4 Å². The summed E-state index contributed by atoms with van der Waals surface area (Å²) in [7, 11) is 3.27. The van der Waals surface area contributed by atoms with Gasteiger partial charge in [-0.15, -0.1) is 0 Å². The highest BCUT2D eigenvalue weighted by Gasteiger charge is 2.24. The Hall–Kier alpha value is -4.87. The van der Waals surface area contributed by atoms with Gasteiger partial charge in [-0.25, -0.2) is 9.98 Å². The number of rotatable bonds is 5. The standard InChI is InChI=1S/C19H18N6O2.C12H20N2O2/c1-20-19(23-15-6-4-5-14-13(15)9-10-21-14)24-17(26)12-7-8-16(22-11-12)18(27)25(2)3;15-11-6-2-1-3-9-14(11)10-12(16)13-7-4-5-8-13/h4-11,21H,1H2,2-3H3,(H,23,24,26);1-10H2. The van der Waals surface area contributed by atoms with Gasteiger partial charge in [0.05, 0.1) is 17.8 Å². The first-order valence-electron chi connectivity index (χ1n) is 14.4. The van der Waals surface area contributed by atoms with Crippen molar-refractivity contribution in [1.29, 1.82) is 0 Å². The lowest BCUT2D eigenvalue weighted by Gasteiger charge is -2.23. The Kier molecular flexibility index (Phi) is 10.7. The summed E-state index contributed by atoms with van der Waals surface area (Å²) < 4.78 is 0. The first-order chi connectivity index (χ1) is 20.8. The summed E-state index contributed by atoms with van der Waals surface area (Å²) in [4.78, 5) is 68.2. The van der Waals surface area contributed by atoms with Gasteiger partial charge in [-0.05, 0) is 62.7 Å². The monoisotopic (exact) mass is 586 g/mol. The van der Waals surface area contributed by atoms with E-state index >= 15 is 0 Å². The lowest BCUT2D eigenvalue weighted by atomic mass is 10.2. The van der Waals surface area contributed by atoms with Crippen LogP contribution in [0.3, 0.4) is 0 Å². The van der Waals surface area contributed by atoms with Gasteiger partial charge in [0.2, 0.25) is 17.8 Å². The molecule has 226 valence electrons. The number of aromatic amines is 1. The molecule has 2 aromatic heterocycles. The normalized spacial score (nSPS) is 15.4. The summed E-state index contributed by atoms with van der Waals surface area (Å²) in [5.41, 5.74) is 2.12. The van der Waals surface area contributed by atoms with E-state index in [1.165, 1.54) is 23.2 Å².